The normalized spacial score (nSPS) is 17.0. The van der Waals surface area contributed by atoms with Crippen LogP contribution in [0, 0.1) is 5.92 Å². The number of hydrogen-bond donors (Lipinski definition) is 2. The van der Waals surface area contributed by atoms with Crippen LogP contribution in [0.5, 0.6) is 0 Å². The minimum absolute atomic E-state index is 0.193. The SMILES string of the molecule is NCCCc1cccc(NC(=O)C2CCCCCCC2)c1. The molecule has 3 N–H and O–H groups in total. The lowest BCUT2D eigenvalue weighted by Crippen LogP contribution is -2.23. The Kier molecular flexibility index (Phi) is 6.74. The molecule has 3 heteroatoms. The largest absolute Gasteiger partial charge is 0.330 e. The Morgan fingerprint density at radius 3 is 2.57 bits per heavy atom. The maximum absolute atomic E-state index is 12.4. The zero-order valence-corrected chi connectivity index (χ0v) is 12.9. The van der Waals surface area contributed by atoms with E-state index in [9.17, 15) is 4.79 Å². The zero-order chi connectivity index (χ0) is 14.9. The number of nitrogens with one attached hydrogen (secondary N) is 1. The number of nitrogens with two attached hydrogens (primary N) is 1. The molecular formula is C18H28N2O. The van der Waals surface area contributed by atoms with E-state index in [2.05, 4.69) is 17.4 Å². The highest BCUT2D eigenvalue weighted by molar-refractivity contribution is 5.92. The van der Waals surface area contributed by atoms with Gasteiger partial charge in [0, 0.05) is 11.6 Å². The van der Waals surface area contributed by atoms with Crippen LogP contribution < -0.4 is 11.1 Å². The summed E-state index contributed by atoms with van der Waals surface area (Å²) in [5.41, 5.74) is 7.72. The van der Waals surface area contributed by atoms with Crippen LogP contribution in [0.25, 0.3) is 0 Å². The number of carbonyl (C=O) groups is 1. The molecule has 116 valence electrons. The monoisotopic (exact) mass is 288 g/mol. The van der Waals surface area contributed by atoms with Crippen molar-refractivity contribution in [2.24, 2.45) is 11.7 Å². The van der Waals surface area contributed by atoms with Gasteiger partial charge >= 0.3 is 0 Å². The second kappa shape index (κ2) is 8.83. The average molecular weight is 288 g/mol. The Labute approximate surface area is 128 Å². The van der Waals surface area contributed by atoms with Crippen molar-refractivity contribution >= 4 is 11.6 Å². The van der Waals surface area contributed by atoms with Crippen molar-refractivity contribution in [3.05, 3.63) is 29.8 Å². The minimum atomic E-state index is 0.193. The minimum Gasteiger partial charge on any atom is -0.330 e. The van der Waals surface area contributed by atoms with Gasteiger partial charge in [-0.05, 0) is 49.9 Å². The number of rotatable bonds is 5. The molecule has 1 fully saturated rings. The molecule has 1 saturated carbocycles. The molecule has 0 spiro atoms. The van der Waals surface area contributed by atoms with Gasteiger partial charge in [0.25, 0.3) is 0 Å². The fourth-order valence-corrected chi connectivity index (χ4v) is 3.07. The summed E-state index contributed by atoms with van der Waals surface area (Å²) in [6.45, 7) is 0.707. The van der Waals surface area contributed by atoms with Crippen molar-refractivity contribution in [1.82, 2.24) is 0 Å². The van der Waals surface area contributed by atoms with Gasteiger partial charge < -0.3 is 11.1 Å². The molecule has 0 heterocycles. The molecule has 0 aromatic heterocycles. The van der Waals surface area contributed by atoms with Crippen LogP contribution in [-0.2, 0) is 11.2 Å². The topological polar surface area (TPSA) is 55.1 Å². The number of anilines is 1. The van der Waals surface area contributed by atoms with Crippen LogP contribution in [0.3, 0.4) is 0 Å². The number of aryl methyl sites for hydroxylation is 1. The first-order valence-electron chi connectivity index (χ1n) is 8.39. The molecule has 0 radical (unpaired) electrons. The average Bonchev–Trinajstić information content (AvgIpc) is 2.45. The molecule has 3 nitrogen and oxygen atoms in total. The third-order valence-corrected chi connectivity index (χ3v) is 4.34. The van der Waals surface area contributed by atoms with Crippen molar-refractivity contribution in [1.29, 1.82) is 0 Å². The van der Waals surface area contributed by atoms with Gasteiger partial charge in [0.05, 0.1) is 0 Å². The molecule has 0 aliphatic heterocycles. The summed E-state index contributed by atoms with van der Waals surface area (Å²) in [6, 6.07) is 8.17. The standard InChI is InChI=1S/C18H28N2O/c19-13-7-9-15-8-6-12-17(14-15)20-18(21)16-10-4-2-1-3-5-11-16/h6,8,12,14,16H,1-5,7,9-11,13,19H2,(H,20,21). The van der Waals surface area contributed by atoms with Gasteiger partial charge in [-0.3, -0.25) is 4.79 Å². The maximum Gasteiger partial charge on any atom is 0.227 e. The summed E-state index contributed by atoms with van der Waals surface area (Å²) in [6.07, 6.45) is 10.3. The first-order valence-corrected chi connectivity index (χ1v) is 8.39. The lowest BCUT2D eigenvalue weighted by Gasteiger charge is -2.19. The van der Waals surface area contributed by atoms with E-state index in [0.717, 1.165) is 31.4 Å². The van der Waals surface area contributed by atoms with Gasteiger partial charge in [-0.1, -0.05) is 44.2 Å². The van der Waals surface area contributed by atoms with Crippen LogP contribution in [-0.4, -0.2) is 12.5 Å². The summed E-state index contributed by atoms with van der Waals surface area (Å²) in [4.78, 5) is 12.4. The highest BCUT2D eigenvalue weighted by Gasteiger charge is 2.19. The van der Waals surface area contributed by atoms with E-state index in [1.165, 1.54) is 37.7 Å². The smallest absolute Gasteiger partial charge is 0.227 e. The summed E-state index contributed by atoms with van der Waals surface area (Å²) in [7, 11) is 0. The molecule has 2 rings (SSSR count). The summed E-state index contributed by atoms with van der Waals surface area (Å²) in [5.74, 6) is 0.394. The van der Waals surface area contributed by atoms with Gasteiger partial charge in [-0.2, -0.15) is 0 Å². The van der Waals surface area contributed by atoms with Gasteiger partial charge in [-0.15, -0.1) is 0 Å². The third kappa shape index (κ3) is 5.50. The van der Waals surface area contributed by atoms with Gasteiger partial charge in [0.15, 0.2) is 0 Å². The van der Waals surface area contributed by atoms with E-state index >= 15 is 0 Å². The summed E-state index contributed by atoms with van der Waals surface area (Å²) < 4.78 is 0. The van der Waals surface area contributed by atoms with E-state index in [1.807, 2.05) is 12.1 Å². The number of carbonyl (C=O) groups excluding carboxylic acids is 1. The Bertz CT molecular complexity index is 437. The molecule has 0 atom stereocenters. The van der Waals surface area contributed by atoms with Crippen molar-refractivity contribution < 1.29 is 4.79 Å². The second-order valence-corrected chi connectivity index (χ2v) is 6.12. The van der Waals surface area contributed by atoms with Crippen molar-refractivity contribution in [2.75, 3.05) is 11.9 Å². The molecule has 1 amide bonds. The van der Waals surface area contributed by atoms with Crippen molar-refractivity contribution in [3.8, 4) is 0 Å². The molecule has 1 aromatic carbocycles. The molecule has 0 bridgehead atoms. The number of benzene rings is 1. The molecule has 0 saturated heterocycles. The predicted octanol–water partition coefficient (Wildman–Crippen LogP) is 3.88. The Balaban J connectivity index is 1.91. The Morgan fingerprint density at radius 1 is 1.14 bits per heavy atom. The molecule has 21 heavy (non-hydrogen) atoms. The predicted molar refractivity (Wildman–Crippen MR) is 88.3 cm³/mol. The molecule has 0 unspecified atom stereocenters. The zero-order valence-electron chi connectivity index (χ0n) is 12.9. The van der Waals surface area contributed by atoms with E-state index in [4.69, 9.17) is 5.73 Å². The van der Waals surface area contributed by atoms with Crippen LogP contribution in [0.4, 0.5) is 5.69 Å². The number of amides is 1. The summed E-state index contributed by atoms with van der Waals surface area (Å²) in [5, 5.41) is 3.11. The Hall–Kier alpha value is -1.35. The molecule has 1 aliphatic rings. The van der Waals surface area contributed by atoms with Crippen LogP contribution in [0.15, 0.2) is 24.3 Å². The molecule has 1 aromatic rings. The molecule has 1 aliphatic carbocycles. The van der Waals surface area contributed by atoms with Crippen LogP contribution >= 0.6 is 0 Å². The first kappa shape index (κ1) is 16.0. The van der Waals surface area contributed by atoms with Gasteiger partial charge in [0.1, 0.15) is 0 Å². The fourth-order valence-electron chi connectivity index (χ4n) is 3.07. The third-order valence-electron chi connectivity index (χ3n) is 4.34. The second-order valence-electron chi connectivity index (χ2n) is 6.12. The van der Waals surface area contributed by atoms with Crippen molar-refractivity contribution in [2.45, 2.75) is 57.8 Å². The van der Waals surface area contributed by atoms with E-state index < -0.39 is 0 Å². The highest BCUT2D eigenvalue weighted by Crippen LogP contribution is 2.24. The van der Waals surface area contributed by atoms with Gasteiger partial charge in [0.2, 0.25) is 5.91 Å². The highest BCUT2D eigenvalue weighted by atomic mass is 16.1. The van der Waals surface area contributed by atoms with E-state index in [-0.39, 0.29) is 11.8 Å². The van der Waals surface area contributed by atoms with E-state index in [1.54, 1.807) is 0 Å². The number of hydrogen-bond acceptors (Lipinski definition) is 2. The fraction of sp³-hybridized carbons (Fsp3) is 0.611. The first-order chi connectivity index (χ1) is 10.3. The Morgan fingerprint density at radius 2 is 1.86 bits per heavy atom. The summed E-state index contributed by atoms with van der Waals surface area (Å²) >= 11 is 0. The lowest BCUT2D eigenvalue weighted by atomic mass is 9.90. The quantitative estimate of drug-likeness (QED) is 0.864. The lowest BCUT2D eigenvalue weighted by molar-refractivity contribution is -0.120. The van der Waals surface area contributed by atoms with Crippen LogP contribution in [0.1, 0.15) is 56.9 Å². The van der Waals surface area contributed by atoms with E-state index in [0.29, 0.717) is 6.54 Å². The molecular weight excluding hydrogens is 260 g/mol. The van der Waals surface area contributed by atoms with Crippen LogP contribution in [0.2, 0.25) is 0 Å². The maximum atomic E-state index is 12.4. The van der Waals surface area contributed by atoms with Crippen molar-refractivity contribution in [3.63, 3.8) is 0 Å². The van der Waals surface area contributed by atoms with Gasteiger partial charge in [-0.25, -0.2) is 0 Å².